The Labute approximate surface area is 195 Å². The van der Waals surface area contributed by atoms with Crippen molar-refractivity contribution in [2.45, 2.75) is 37.8 Å². The molecule has 0 spiro atoms. The zero-order chi connectivity index (χ0) is 24.7. The van der Waals surface area contributed by atoms with E-state index in [0.717, 1.165) is 20.6 Å². The summed E-state index contributed by atoms with van der Waals surface area (Å²) in [4.78, 5) is 73.2. The number of nitrogens with one attached hydrogen (secondary N) is 2. The zero-order valence-corrected chi connectivity index (χ0v) is 18.3. The number of aliphatic carboxylic acids is 1. The number of hydrogen-bond acceptors (Lipinski definition) is 6. The second kappa shape index (κ2) is 11.1. The van der Waals surface area contributed by atoms with Crippen LogP contribution in [0.2, 0.25) is 0 Å². The number of carboxylic acids is 1. The van der Waals surface area contributed by atoms with Crippen molar-refractivity contribution in [1.82, 2.24) is 25.8 Å². The molecule has 2 aliphatic rings. The minimum Gasteiger partial charge on any atom is -0.481 e. The van der Waals surface area contributed by atoms with Crippen molar-refractivity contribution in [2.24, 2.45) is 0 Å². The fourth-order valence-corrected chi connectivity index (χ4v) is 3.72. The Morgan fingerprint density at radius 1 is 1.15 bits per heavy atom. The maximum absolute atomic E-state index is 13.3. The first-order valence-electron chi connectivity index (χ1n) is 10.7. The van der Waals surface area contributed by atoms with Crippen LogP contribution in [0.3, 0.4) is 0 Å². The summed E-state index contributed by atoms with van der Waals surface area (Å²) in [7, 11) is 0. The van der Waals surface area contributed by atoms with Crippen LogP contribution in [0.5, 0.6) is 0 Å². The zero-order valence-electron chi connectivity index (χ0n) is 18.3. The fourth-order valence-electron chi connectivity index (χ4n) is 3.72. The van der Waals surface area contributed by atoms with Crippen LogP contribution < -0.4 is 10.7 Å². The van der Waals surface area contributed by atoms with Crippen LogP contribution in [0.15, 0.2) is 36.4 Å². The Morgan fingerprint density at radius 2 is 1.88 bits per heavy atom. The van der Waals surface area contributed by atoms with Crippen LogP contribution in [0.25, 0.3) is 6.08 Å². The number of benzene rings is 1. The van der Waals surface area contributed by atoms with E-state index >= 15 is 0 Å². The molecule has 1 aromatic rings. The Balaban J connectivity index is 1.75. The quantitative estimate of drug-likeness (QED) is 0.354. The van der Waals surface area contributed by atoms with E-state index in [1.165, 1.54) is 6.08 Å². The van der Waals surface area contributed by atoms with E-state index in [2.05, 4.69) is 10.7 Å². The third-order valence-corrected chi connectivity index (χ3v) is 5.33. The molecule has 34 heavy (non-hydrogen) atoms. The van der Waals surface area contributed by atoms with E-state index in [1.54, 1.807) is 18.2 Å². The Kier molecular flexibility index (Phi) is 7.96. The predicted octanol–water partition coefficient (Wildman–Crippen LogP) is -0.0769. The van der Waals surface area contributed by atoms with Crippen molar-refractivity contribution in [3.05, 3.63) is 42.0 Å². The number of carbonyl (C=O) groups is 6. The lowest BCUT2D eigenvalue weighted by Crippen LogP contribution is -2.64. The van der Waals surface area contributed by atoms with Crippen molar-refractivity contribution >= 4 is 42.1 Å². The first kappa shape index (κ1) is 24.4. The lowest BCUT2D eigenvalue weighted by molar-refractivity contribution is -0.155. The van der Waals surface area contributed by atoms with Crippen LogP contribution >= 0.6 is 0 Å². The maximum atomic E-state index is 13.3. The normalized spacial score (nSPS) is 19.3. The molecule has 3 rings (SSSR count). The number of hydrazine groups is 2. The van der Waals surface area contributed by atoms with Crippen molar-refractivity contribution in [2.75, 3.05) is 13.1 Å². The lowest BCUT2D eigenvalue weighted by atomic mass is 10.1. The average Bonchev–Trinajstić information content (AvgIpc) is 2.94. The Morgan fingerprint density at radius 3 is 2.56 bits per heavy atom. The molecule has 2 aliphatic heterocycles. The number of urea groups is 1. The van der Waals surface area contributed by atoms with Gasteiger partial charge < -0.3 is 15.2 Å². The standard InChI is InChI=1S/C22H25N5O7/c28-14-16(13-20(31)32)23-21(33)17-7-4-11-26-19(30)10-12-25(22(34)27(17)26)24-18(29)9-8-15-5-2-1-3-6-15/h1-3,5-6,8-9,14,16-17H,4,7,10-13H2,(H,23,33)(H,24,29)(H,31,32)/t16-,17-/m0/s1. The van der Waals surface area contributed by atoms with Gasteiger partial charge in [0.15, 0.2) is 0 Å². The molecule has 2 fully saturated rings. The number of amides is 5. The van der Waals surface area contributed by atoms with Crippen LogP contribution in [-0.4, -0.2) is 81.3 Å². The Hall–Kier alpha value is -4.22. The fraction of sp³-hybridized carbons (Fsp3) is 0.364. The molecule has 0 aromatic heterocycles. The highest BCUT2D eigenvalue weighted by atomic mass is 16.4. The van der Waals surface area contributed by atoms with E-state index in [-0.39, 0.29) is 25.9 Å². The molecular weight excluding hydrogens is 446 g/mol. The van der Waals surface area contributed by atoms with Gasteiger partial charge in [-0.15, -0.1) is 0 Å². The number of nitrogens with zero attached hydrogens (tertiary/aromatic N) is 3. The van der Waals surface area contributed by atoms with Gasteiger partial charge in [-0.3, -0.25) is 24.6 Å². The largest absolute Gasteiger partial charge is 0.481 e. The summed E-state index contributed by atoms with van der Waals surface area (Å²) in [6.07, 6.45) is 3.03. The lowest BCUT2D eigenvalue weighted by Gasteiger charge is -2.42. The number of aldehydes is 1. The molecule has 0 aliphatic carbocycles. The minimum absolute atomic E-state index is 0.0742. The first-order chi connectivity index (χ1) is 16.3. The van der Waals surface area contributed by atoms with Gasteiger partial charge in [-0.2, -0.15) is 0 Å². The summed E-state index contributed by atoms with van der Waals surface area (Å²) in [6, 6.07) is 5.83. The van der Waals surface area contributed by atoms with Gasteiger partial charge in [-0.25, -0.2) is 19.8 Å². The summed E-state index contributed by atoms with van der Waals surface area (Å²) in [5.74, 6) is -3.04. The summed E-state index contributed by atoms with van der Waals surface area (Å²) < 4.78 is 0. The highest BCUT2D eigenvalue weighted by Gasteiger charge is 2.44. The molecule has 0 bridgehead atoms. The number of carbonyl (C=O) groups excluding carboxylic acids is 5. The molecule has 2 saturated heterocycles. The third-order valence-electron chi connectivity index (χ3n) is 5.33. The second-order valence-electron chi connectivity index (χ2n) is 7.77. The highest BCUT2D eigenvalue weighted by molar-refractivity contribution is 5.95. The number of hydrogen-bond donors (Lipinski definition) is 3. The van der Waals surface area contributed by atoms with Gasteiger partial charge in [0, 0.05) is 19.0 Å². The minimum atomic E-state index is -1.28. The van der Waals surface area contributed by atoms with Gasteiger partial charge in [0.2, 0.25) is 11.8 Å². The Bertz CT molecular complexity index is 997. The molecule has 12 nitrogen and oxygen atoms in total. The topological polar surface area (TPSA) is 156 Å². The second-order valence-corrected chi connectivity index (χ2v) is 7.77. The van der Waals surface area contributed by atoms with Gasteiger partial charge in [-0.1, -0.05) is 30.3 Å². The molecule has 2 heterocycles. The summed E-state index contributed by atoms with van der Waals surface area (Å²) in [6.45, 7) is 0.107. The molecule has 12 heteroatoms. The maximum Gasteiger partial charge on any atom is 0.358 e. The van der Waals surface area contributed by atoms with Gasteiger partial charge in [0.1, 0.15) is 12.3 Å². The molecule has 180 valence electrons. The summed E-state index contributed by atoms with van der Waals surface area (Å²) >= 11 is 0. The smallest absolute Gasteiger partial charge is 0.358 e. The molecule has 2 atom stereocenters. The van der Waals surface area contributed by atoms with Gasteiger partial charge >= 0.3 is 12.0 Å². The van der Waals surface area contributed by atoms with Crippen molar-refractivity contribution < 1.29 is 33.9 Å². The van der Waals surface area contributed by atoms with E-state index in [1.807, 2.05) is 18.2 Å². The van der Waals surface area contributed by atoms with Gasteiger partial charge in [0.05, 0.1) is 19.0 Å². The third kappa shape index (κ3) is 5.97. The van der Waals surface area contributed by atoms with Gasteiger partial charge in [0.25, 0.3) is 5.91 Å². The molecule has 1 aromatic carbocycles. The summed E-state index contributed by atoms with van der Waals surface area (Å²) in [5.41, 5.74) is 3.22. The van der Waals surface area contributed by atoms with Crippen LogP contribution in [0.4, 0.5) is 4.79 Å². The number of carboxylic acid groups (broad SMARTS) is 1. The van der Waals surface area contributed by atoms with Crippen LogP contribution in [0, 0.1) is 0 Å². The molecular formula is C22H25N5O7. The highest BCUT2D eigenvalue weighted by Crippen LogP contribution is 2.23. The average molecular weight is 471 g/mol. The van der Waals surface area contributed by atoms with E-state index in [9.17, 15) is 28.8 Å². The van der Waals surface area contributed by atoms with Gasteiger partial charge in [-0.05, 0) is 24.5 Å². The molecule has 3 N–H and O–H groups in total. The molecule has 5 amide bonds. The first-order valence-corrected chi connectivity index (χ1v) is 10.7. The number of fused-ring (bicyclic) bond motifs is 1. The SMILES string of the molecule is O=C[C@H](CC(=O)O)NC(=O)[C@@H]1CCCN2C(=O)CCN(NC(=O)C=Cc3ccccc3)C(=O)N12. The molecule has 0 radical (unpaired) electrons. The van der Waals surface area contributed by atoms with Crippen molar-refractivity contribution in [3.8, 4) is 0 Å². The van der Waals surface area contributed by atoms with E-state index in [4.69, 9.17) is 5.11 Å². The summed E-state index contributed by atoms with van der Waals surface area (Å²) in [5, 5.41) is 14.3. The predicted molar refractivity (Wildman–Crippen MR) is 117 cm³/mol. The van der Waals surface area contributed by atoms with Crippen LogP contribution in [0.1, 0.15) is 31.2 Å². The van der Waals surface area contributed by atoms with Crippen LogP contribution in [-0.2, 0) is 24.0 Å². The van der Waals surface area contributed by atoms with E-state index < -0.39 is 48.2 Å². The van der Waals surface area contributed by atoms with E-state index in [0.29, 0.717) is 12.7 Å². The van der Waals surface area contributed by atoms with Crippen molar-refractivity contribution in [3.63, 3.8) is 0 Å². The number of rotatable bonds is 8. The monoisotopic (exact) mass is 471 g/mol. The molecule has 0 unspecified atom stereocenters. The van der Waals surface area contributed by atoms with Crippen molar-refractivity contribution in [1.29, 1.82) is 0 Å². The molecule has 0 saturated carbocycles.